The van der Waals surface area contributed by atoms with E-state index in [1.54, 1.807) is 24.3 Å². The summed E-state index contributed by atoms with van der Waals surface area (Å²) in [5.41, 5.74) is 0.380. The molecular weight excluding hydrogens is 466 g/mol. The number of halogens is 3. The molecule has 168 valence electrons. The van der Waals surface area contributed by atoms with E-state index in [1.165, 1.54) is 31.4 Å². The first-order valence-electron chi connectivity index (χ1n) is 9.02. The fraction of sp³-hybridized carbons (Fsp3) is 0.0952. The molecule has 0 heterocycles. The van der Waals surface area contributed by atoms with Crippen LogP contribution in [0.2, 0.25) is 5.02 Å². The van der Waals surface area contributed by atoms with Crippen LogP contribution in [0.25, 0.3) is 0 Å². The molecule has 1 amide bonds. The number of sulfonamides is 1. The lowest BCUT2D eigenvalue weighted by atomic mass is 10.3. The van der Waals surface area contributed by atoms with Gasteiger partial charge in [-0.15, -0.1) is 0 Å². The van der Waals surface area contributed by atoms with Crippen LogP contribution in [0.1, 0.15) is 0 Å². The summed E-state index contributed by atoms with van der Waals surface area (Å²) in [6.45, 7) is -0.491. The van der Waals surface area contributed by atoms with E-state index in [0.29, 0.717) is 11.4 Å². The minimum Gasteiger partial charge on any atom is -0.497 e. The highest BCUT2D eigenvalue weighted by molar-refractivity contribution is 7.92. The lowest BCUT2D eigenvalue weighted by Gasteiger charge is -2.12. The van der Waals surface area contributed by atoms with E-state index >= 15 is 0 Å². The number of carbonyl (C=O) groups excluding carboxylic acids is 1. The van der Waals surface area contributed by atoms with E-state index in [9.17, 15) is 22.0 Å². The Bertz CT molecular complexity index is 1240. The first-order valence-corrected chi connectivity index (χ1v) is 10.9. The first-order chi connectivity index (χ1) is 15.2. The average Bonchev–Trinajstić information content (AvgIpc) is 2.75. The molecule has 0 aliphatic heterocycles. The third-order valence-electron chi connectivity index (χ3n) is 4.12. The third-order valence-corrected chi connectivity index (χ3v) is 5.79. The summed E-state index contributed by atoms with van der Waals surface area (Å²) >= 11 is 6.10. The molecule has 0 atom stereocenters. The predicted molar refractivity (Wildman–Crippen MR) is 116 cm³/mol. The molecule has 0 bridgehead atoms. The summed E-state index contributed by atoms with van der Waals surface area (Å²) in [5, 5.41) is 2.30. The van der Waals surface area contributed by atoms with Gasteiger partial charge in [0.1, 0.15) is 11.5 Å². The summed E-state index contributed by atoms with van der Waals surface area (Å²) in [4.78, 5) is 11.8. The molecule has 3 rings (SSSR count). The van der Waals surface area contributed by atoms with Crippen molar-refractivity contribution in [1.82, 2.24) is 0 Å². The number of nitrogens with one attached hydrogen (secondary N) is 2. The number of hydrogen-bond acceptors (Lipinski definition) is 5. The number of amides is 1. The van der Waals surface area contributed by atoms with Crippen molar-refractivity contribution >= 4 is 38.9 Å². The minimum atomic E-state index is -3.93. The summed E-state index contributed by atoms with van der Waals surface area (Å²) in [6.07, 6.45) is 0. The Morgan fingerprint density at radius 3 is 2.28 bits per heavy atom. The Morgan fingerprint density at radius 1 is 0.969 bits per heavy atom. The van der Waals surface area contributed by atoms with Crippen LogP contribution in [-0.2, 0) is 14.8 Å². The smallest absolute Gasteiger partial charge is 0.262 e. The fourth-order valence-electron chi connectivity index (χ4n) is 2.55. The van der Waals surface area contributed by atoms with Gasteiger partial charge >= 0.3 is 0 Å². The van der Waals surface area contributed by atoms with Crippen LogP contribution in [0, 0.1) is 11.6 Å². The predicted octanol–water partition coefficient (Wildman–Crippen LogP) is 4.45. The first kappa shape index (κ1) is 23.3. The monoisotopic (exact) mass is 482 g/mol. The molecule has 0 spiro atoms. The van der Waals surface area contributed by atoms with Crippen LogP contribution in [0.5, 0.6) is 11.5 Å². The molecule has 2 N–H and O–H groups in total. The molecule has 3 aromatic carbocycles. The molecule has 3 aromatic rings. The van der Waals surface area contributed by atoms with Crippen LogP contribution in [0.3, 0.4) is 0 Å². The number of hydrogen-bond donors (Lipinski definition) is 2. The fourth-order valence-corrected chi connectivity index (χ4v) is 3.94. The Hall–Kier alpha value is -3.37. The van der Waals surface area contributed by atoms with E-state index in [0.717, 1.165) is 12.1 Å². The zero-order valence-electron chi connectivity index (χ0n) is 16.6. The van der Waals surface area contributed by atoms with E-state index in [-0.39, 0.29) is 21.4 Å². The zero-order valence-corrected chi connectivity index (χ0v) is 18.1. The maximum Gasteiger partial charge on any atom is 0.262 e. The van der Waals surface area contributed by atoms with E-state index in [2.05, 4.69) is 10.0 Å². The number of methoxy groups -OCH3 is 1. The third kappa shape index (κ3) is 5.86. The highest BCUT2D eigenvalue weighted by Gasteiger charge is 2.17. The number of rotatable bonds is 8. The second-order valence-corrected chi connectivity index (χ2v) is 8.48. The lowest BCUT2D eigenvalue weighted by Crippen LogP contribution is -2.20. The molecule has 0 aliphatic carbocycles. The molecule has 32 heavy (non-hydrogen) atoms. The van der Waals surface area contributed by atoms with Gasteiger partial charge in [0, 0.05) is 17.4 Å². The second-order valence-electron chi connectivity index (χ2n) is 6.39. The van der Waals surface area contributed by atoms with Crippen molar-refractivity contribution in [3.8, 4) is 11.5 Å². The number of ether oxygens (including phenoxy) is 2. The molecule has 0 radical (unpaired) electrons. The van der Waals surface area contributed by atoms with Crippen molar-refractivity contribution in [2.45, 2.75) is 4.90 Å². The molecule has 11 heteroatoms. The molecular formula is C21H17ClF2N2O5S. The average molecular weight is 483 g/mol. The number of benzene rings is 3. The highest BCUT2D eigenvalue weighted by atomic mass is 35.5. The normalized spacial score (nSPS) is 11.0. The number of carbonyl (C=O) groups is 1. The topological polar surface area (TPSA) is 93.7 Å². The van der Waals surface area contributed by atoms with E-state index < -0.39 is 34.2 Å². The molecule has 0 saturated heterocycles. The molecule has 7 nitrogen and oxygen atoms in total. The van der Waals surface area contributed by atoms with Crippen molar-refractivity contribution < 1.29 is 31.5 Å². The van der Waals surface area contributed by atoms with Crippen molar-refractivity contribution in [2.75, 3.05) is 23.8 Å². The molecule has 0 fully saturated rings. The summed E-state index contributed by atoms with van der Waals surface area (Å²) in [5.74, 6) is -2.15. The highest BCUT2D eigenvalue weighted by Crippen LogP contribution is 2.28. The van der Waals surface area contributed by atoms with Crippen LogP contribution < -0.4 is 19.5 Å². The van der Waals surface area contributed by atoms with Crippen molar-refractivity contribution in [3.63, 3.8) is 0 Å². The maximum atomic E-state index is 13.2. The van der Waals surface area contributed by atoms with Gasteiger partial charge in [0.15, 0.2) is 18.2 Å². The standard InChI is InChI=1S/C21H17ClF2N2O5S/c1-30-15-5-2-13(3-6-15)26-32(28,29)16-7-9-20(17(22)11-16)31-12-21(27)25-14-4-8-18(23)19(24)10-14/h2-11,26H,12H2,1H3,(H,25,27). The van der Waals surface area contributed by atoms with Gasteiger partial charge in [0.05, 0.1) is 17.0 Å². The van der Waals surface area contributed by atoms with Crippen LogP contribution in [0.15, 0.2) is 65.6 Å². The van der Waals surface area contributed by atoms with Gasteiger partial charge < -0.3 is 14.8 Å². The second kappa shape index (κ2) is 9.84. The van der Waals surface area contributed by atoms with Gasteiger partial charge in [-0.3, -0.25) is 9.52 Å². The minimum absolute atomic E-state index is 0.0387. The summed E-state index contributed by atoms with van der Waals surface area (Å²) in [7, 11) is -2.43. The zero-order chi connectivity index (χ0) is 23.3. The van der Waals surface area contributed by atoms with Crippen LogP contribution in [0.4, 0.5) is 20.2 Å². The molecule has 0 aliphatic rings. The Balaban J connectivity index is 1.63. The Morgan fingerprint density at radius 2 is 1.66 bits per heavy atom. The van der Waals surface area contributed by atoms with E-state index in [4.69, 9.17) is 21.1 Å². The summed E-state index contributed by atoms with van der Waals surface area (Å²) < 4.78 is 64.0. The SMILES string of the molecule is COc1ccc(NS(=O)(=O)c2ccc(OCC(=O)Nc3ccc(F)c(F)c3)c(Cl)c2)cc1. The molecule has 0 aromatic heterocycles. The van der Waals surface area contributed by atoms with Gasteiger partial charge in [-0.2, -0.15) is 0 Å². The number of anilines is 2. The van der Waals surface area contributed by atoms with Gasteiger partial charge in [0.2, 0.25) is 0 Å². The largest absolute Gasteiger partial charge is 0.497 e. The van der Waals surface area contributed by atoms with E-state index in [1.807, 2.05) is 0 Å². The van der Waals surface area contributed by atoms with Gasteiger partial charge in [-0.1, -0.05) is 11.6 Å². The Kier molecular flexibility index (Phi) is 7.16. The van der Waals surface area contributed by atoms with Crippen LogP contribution >= 0.6 is 11.6 Å². The van der Waals surface area contributed by atoms with Crippen LogP contribution in [-0.4, -0.2) is 28.0 Å². The van der Waals surface area contributed by atoms with Crippen molar-refractivity contribution in [1.29, 1.82) is 0 Å². The van der Waals surface area contributed by atoms with Crippen molar-refractivity contribution in [2.24, 2.45) is 0 Å². The lowest BCUT2D eigenvalue weighted by molar-refractivity contribution is -0.118. The quantitative estimate of drug-likeness (QED) is 0.495. The van der Waals surface area contributed by atoms with Gasteiger partial charge in [-0.05, 0) is 54.6 Å². The molecule has 0 saturated carbocycles. The summed E-state index contributed by atoms with van der Waals surface area (Å²) in [6, 6.07) is 12.9. The van der Waals surface area contributed by atoms with Gasteiger partial charge in [-0.25, -0.2) is 17.2 Å². The maximum absolute atomic E-state index is 13.2. The molecule has 0 unspecified atom stereocenters. The van der Waals surface area contributed by atoms with Gasteiger partial charge in [0.25, 0.3) is 15.9 Å². The van der Waals surface area contributed by atoms with Crippen molar-refractivity contribution in [3.05, 3.63) is 77.3 Å². The Labute approximate surface area is 188 Å².